The van der Waals surface area contributed by atoms with Gasteiger partial charge in [-0.3, -0.25) is 9.36 Å². The first-order chi connectivity index (χ1) is 23.5. The number of hydrazone groups is 1. The van der Waals surface area contributed by atoms with Gasteiger partial charge in [-0.25, -0.2) is 10.1 Å². The van der Waals surface area contributed by atoms with Crippen LogP contribution < -0.4 is 19.6 Å². The lowest BCUT2D eigenvalue weighted by molar-refractivity contribution is -0.118. The average molecular weight is 660 g/mol. The second-order valence-electron chi connectivity index (χ2n) is 10.6. The minimum absolute atomic E-state index is 0.0473. The number of aryl methyl sites for hydroxylation is 1. The van der Waals surface area contributed by atoms with Crippen molar-refractivity contribution in [3.05, 3.63) is 114 Å². The molecule has 0 fully saturated rings. The monoisotopic (exact) mass is 659 g/mol. The quantitative estimate of drug-likeness (QED) is 0.0916. The van der Waals surface area contributed by atoms with Gasteiger partial charge in [0, 0.05) is 28.6 Å². The molecule has 0 bridgehead atoms. The summed E-state index contributed by atoms with van der Waals surface area (Å²) in [5, 5.41) is 18.5. The number of para-hydroxylation sites is 2. The Labute approximate surface area is 282 Å². The molecular formula is C36H33N7O4S. The van der Waals surface area contributed by atoms with Crippen LogP contribution in [0, 0.1) is 6.92 Å². The molecule has 0 spiro atoms. The third-order valence-electron chi connectivity index (χ3n) is 7.38. The fourth-order valence-corrected chi connectivity index (χ4v) is 5.78. The van der Waals surface area contributed by atoms with E-state index in [0.29, 0.717) is 33.8 Å². The number of carbonyl (C=O) groups excluding carboxylic acids is 1. The van der Waals surface area contributed by atoms with E-state index in [9.17, 15) is 4.79 Å². The fourth-order valence-electron chi connectivity index (χ4n) is 5.04. The van der Waals surface area contributed by atoms with Gasteiger partial charge in [0.25, 0.3) is 5.91 Å². The van der Waals surface area contributed by atoms with E-state index in [1.807, 2.05) is 115 Å². The maximum Gasteiger partial charge on any atom is 0.250 e. The molecule has 0 aliphatic rings. The molecule has 1 amide bonds. The van der Waals surface area contributed by atoms with Gasteiger partial charge < -0.3 is 14.2 Å². The molecule has 0 atom stereocenters. The lowest BCUT2D eigenvalue weighted by Crippen LogP contribution is -2.20. The Bertz CT molecular complexity index is 2020. The molecule has 0 saturated heterocycles. The lowest BCUT2D eigenvalue weighted by atomic mass is 10.1. The molecule has 0 unspecified atom stereocenters. The van der Waals surface area contributed by atoms with Gasteiger partial charge in [-0.15, -0.1) is 10.2 Å². The van der Waals surface area contributed by atoms with Crippen LogP contribution in [-0.4, -0.2) is 63.7 Å². The smallest absolute Gasteiger partial charge is 0.250 e. The lowest BCUT2D eigenvalue weighted by Gasteiger charge is -2.15. The second kappa shape index (κ2) is 14.7. The SMILES string of the molecule is COc1cc(-c2nnc(SCC(=O)NN=Cc3cn(-c4ccccc4)nc3-c3ccc(C)cc3)n2-c2ccccc2)cc(OC)c1OC. The van der Waals surface area contributed by atoms with Gasteiger partial charge in [0.1, 0.15) is 5.69 Å². The maximum absolute atomic E-state index is 13.0. The largest absolute Gasteiger partial charge is 0.493 e. The van der Waals surface area contributed by atoms with Crippen molar-refractivity contribution in [1.82, 2.24) is 30.0 Å². The molecular weight excluding hydrogens is 627 g/mol. The van der Waals surface area contributed by atoms with Crippen LogP contribution in [0.5, 0.6) is 17.2 Å². The van der Waals surface area contributed by atoms with Crippen LogP contribution in [0.15, 0.2) is 114 Å². The van der Waals surface area contributed by atoms with Gasteiger partial charge in [0.2, 0.25) is 5.75 Å². The zero-order valence-electron chi connectivity index (χ0n) is 26.8. The van der Waals surface area contributed by atoms with E-state index >= 15 is 0 Å². The number of benzene rings is 4. The molecule has 4 aromatic carbocycles. The number of thioether (sulfide) groups is 1. The Kier molecular flexibility index (Phi) is 9.82. The number of rotatable bonds is 12. The minimum Gasteiger partial charge on any atom is -0.493 e. The molecule has 6 rings (SSSR count). The van der Waals surface area contributed by atoms with E-state index in [1.165, 1.54) is 11.8 Å². The van der Waals surface area contributed by atoms with Crippen LogP contribution in [0.1, 0.15) is 11.1 Å². The molecule has 12 heteroatoms. The summed E-state index contributed by atoms with van der Waals surface area (Å²) in [5.74, 6) is 1.73. The van der Waals surface area contributed by atoms with E-state index in [1.54, 1.807) is 32.2 Å². The first-order valence-corrected chi connectivity index (χ1v) is 16.0. The molecule has 0 radical (unpaired) electrons. The number of carbonyl (C=O) groups is 1. The molecule has 0 saturated carbocycles. The number of nitrogens with zero attached hydrogens (tertiary/aromatic N) is 6. The van der Waals surface area contributed by atoms with Crippen LogP contribution in [0.25, 0.3) is 34.0 Å². The van der Waals surface area contributed by atoms with Crippen LogP contribution in [0.4, 0.5) is 0 Å². The van der Waals surface area contributed by atoms with Crippen molar-refractivity contribution < 1.29 is 19.0 Å². The Morgan fingerprint density at radius 3 is 2.10 bits per heavy atom. The highest BCUT2D eigenvalue weighted by Crippen LogP contribution is 2.41. The third kappa shape index (κ3) is 6.93. The van der Waals surface area contributed by atoms with Gasteiger partial charge >= 0.3 is 0 Å². The van der Waals surface area contributed by atoms with E-state index in [-0.39, 0.29) is 11.7 Å². The Hall–Kier alpha value is -5.88. The summed E-state index contributed by atoms with van der Waals surface area (Å²) < 4.78 is 20.3. The summed E-state index contributed by atoms with van der Waals surface area (Å²) in [5.41, 5.74) is 8.69. The standard InChI is InChI=1S/C36H33N7O4S/c1-24-15-17-25(18-16-24)33-27(22-42(41-33)28-11-7-5-8-12-28)21-37-38-32(44)23-48-36-40-39-35(43(36)29-13-9-6-10-14-29)26-19-30(45-2)34(47-4)31(20-26)46-3/h5-22H,23H2,1-4H3,(H,38,44). The summed E-state index contributed by atoms with van der Waals surface area (Å²) in [6, 6.07) is 31.3. The van der Waals surface area contributed by atoms with Crippen molar-refractivity contribution in [3.8, 4) is 51.3 Å². The molecule has 0 aliphatic carbocycles. The van der Waals surface area contributed by atoms with Crippen molar-refractivity contribution in [2.45, 2.75) is 12.1 Å². The highest BCUT2D eigenvalue weighted by atomic mass is 32.2. The van der Waals surface area contributed by atoms with Gasteiger partial charge in [-0.2, -0.15) is 10.2 Å². The molecule has 6 aromatic rings. The van der Waals surface area contributed by atoms with Gasteiger partial charge in [0.15, 0.2) is 22.5 Å². The minimum atomic E-state index is -0.305. The fraction of sp³-hybridized carbons (Fsp3) is 0.139. The van der Waals surface area contributed by atoms with Crippen LogP contribution >= 0.6 is 11.8 Å². The number of ether oxygens (including phenoxy) is 3. The number of aromatic nitrogens is 5. The average Bonchev–Trinajstić information content (AvgIpc) is 3.76. The number of hydrogen-bond acceptors (Lipinski definition) is 9. The number of nitrogens with one attached hydrogen (secondary N) is 1. The highest BCUT2D eigenvalue weighted by molar-refractivity contribution is 7.99. The molecule has 1 N–H and O–H groups in total. The van der Waals surface area contributed by atoms with Gasteiger partial charge in [-0.1, -0.05) is 78.0 Å². The number of methoxy groups -OCH3 is 3. The molecule has 242 valence electrons. The summed E-state index contributed by atoms with van der Waals surface area (Å²) in [7, 11) is 4.67. The molecule has 48 heavy (non-hydrogen) atoms. The predicted molar refractivity (Wildman–Crippen MR) is 187 cm³/mol. The Morgan fingerprint density at radius 2 is 1.48 bits per heavy atom. The zero-order chi connectivity index (χ0) is 33.5. The van der Waals surface area contributed by atoms with Crippen molar-refractivity contribution in [1.29, 1.82) is 0 Å². The number of hydrogen-bond donors (Lipinski definition) is 1. The van der Waals surface area contributed by atoms with Crippen LogP contribution in [0.2, 0.25) is 0 Å². The van der Waals surface area contributed by atoms with E-state index in [4.69, 9.17) is 19.3 Å². The van der Waals surface area contributed by atoms with Crippen molar-refractivity contribution in [3.63, 3.8) is 0 Å². The normalized spacial score (nSPS) is 11.1. The van der Waals surface area contributed by atoms with E-state index < -0.39 is 0 Å². The van der Waals surface area contributed by atoms with Crippen molar-refractivity contribution in [2.75, 3.05) is 27.1 Å². The summed E-state index contributed by atoms with van der Waals surface area (Å²) in [6.45, 7) is 2.04. The maximum atomic E-state index is 13.0. The molecule has 11 nitrogen and oxygen atoms in total. The second-order valence-corrected chi connectivity index (χ2v) is 11.5. The first kappa shape index (κ1) is 32.1. The van der Waals surface area contributed by atoms with Crippen LogP contribution in [0.3, 0.4) is 0 Å². The molecule has 2 aromatic heterocycles. The van der Waals surface area contributed by atoms with Gasteiger partial charge in [-0.05, 0) is 43.3 Å². The zero-order valence-corrected chi connectivity index (χ0v) is 27.6. The van der Waals surface area contributed by atoms with Crippen molar-refractivity contribution >= 4 is 23.9 Å². The predicted octanol–water partition coefficient (Wildman–Crippen LogP) is 6.36. The highest BCUT2D eigenvalue weighted by Gasteiger charge is 2.21. The molecule has 2 heterocycles. The van der Waals surface area contributed by atoms with E-state index in [2.05, 4.69) is 20.7 Å². The van der Waals surface area contributed by atoms with E-state index in [0.717, 1.165) is 33.8 Å². The molecule has 0 aliphatic heterocycles. The summed E-state index contributed by atoms with van der Waals surface area (Å²) in [4.78, 5) is 13.0. The third-order valence-corrected chi connectivity index (χ3v) is 8.31. The van der Waals surface area contributed by atoms with Crippen molar-refractivity contribution in [2.24, 2.45) is 5.10 Å². The Balaban J connectivity index is 1.23. The summed E-state index contributed by atoms with van der Waals surface area (Å²) in [6.07, 6.45) is 3.50. The first-order valence-electron chi connectivity index (χ1n) is 15.0. The topological polar surface area (TPSA) is 118 Å². The number of amides is 1. The summed E-state index contributed by atoms with van der Waals surface area (Å²) >= 11 is 1.24. The van der Waals surface area contributed by atoms with Crippen LogP contribution in [-0.2, 0) is 4.79 Å². The van der Waals surface area contributed by atoms with Gasteiger partial charge in [0.05, 0.1) is 39.0 Å². The Morgan fingerprint density at radius 1 is 0.833 bits per heavy atom.